The van der Waals surface area contributed by atoms with Gasteiger partial charge in [0.25, 0.3) is 11.1 Å². The number of carbonyl (C=O) groups is 1. The third-order valence-corrected chi connectivity index (χ3v) is 4.14. The smallest absolute Gasteiger partial charge is 0.284 e. The fourth-order valence-corrected chi connectivity index (χ4v) is 2.63. The number of hydrogen-bond acceptors (Lipinski definition) is 6. The van der Waals surface area contributed by atoms with Crippen LogP contribution in [-0.4, -0.2) is 21.4 Å². The zero-order chi connectivity index (χ0) is 17.1. The predicted molar refractivity (Wildman–Crippen MR) is 87.4 cm³/mol. The van der Waals surface area contributed by atoms with Crippen molar-refractivity contribution in [2.75, 3.05) is 5.32 Å². The van der Waals surface area contributed by atoms with E-state index >= 15 is 0 Å². The molecule has 2 heterocycles. The Balaban J connectivity index is 1.64. The topological polar surface area (TPSA) is 81.2 Å². The van der Waals surface area contributed by atoms with Crippen molar-refractivity contribution in [2.24, 2.45) is 0 Å². The molecule has 6 nitrogen and oxygen atoms in total. The van der Waals surface area contributed by atoms with Gasteiger partial charge < -0.3 is 14.2 Å². The summed E-state index contributed by atoms with van der Waals surface area (Å²) in [6.45, 7) is 1.64. The van der Waals surface area contributed by atoms with E-state index in [0.29, 0.717) is 5.76 Å². The monoisotopic (exact) mass is 367 g/mol. The number of thioether (sulfide) groups is 1. The number of nitrogens with one attached hydrogen (secondary N) is 1. The van der Waals surface area contributed by atoms with Crippen molar-refractivity contribution in [3.63, 3.8) is 0 Å². The summed E-state index contributed by atoms with van der Waals surface area (Å²) in [6.07, 6.45) is 1.49. The summed E-state index contributed by atoms with van der Waals surface area (Å²) < 4.78 is 24.3. The Labute approximate surface area is 145 Å². The van der Waals surface area contributed by atoms with Crippen LogP contribution in [0.3, 0.4) is 0 Å². The molecule has 1 atom stereocenters. The minimum Gasteiger partial charge on any atom is -0.459 e. The van der Waals surface area contributed by atoms with Gasteiger partial charge >= 0.3 is 0 Å². The second kappa shape index (κ2) is 7.06. The van der Waals surface area contributed by atoms with E-state index in [1.165, 1.54) is 18.4 Å². The molecule has 3 rings (SSSR count). The lowest BCUT2D eigenvalue weighted by Crippen LogP contribution is -2.23. The SMILES string of the molecule is CC(Sc1nnc(-c2ccco2)o1)C(=O)Nc1ccc(Cl)cc1F. The molecule has 0 fully saturated rings. The highest BCUT2D eigenvalue weighted by atomic mass is 35.5. The molecular formula is C15H11ClFN3O3S. The highest BCUT2D eigenvalue weighted by molar-refractivity contribution is 8.00. The van der Waals surface area contributed by atoms with Gasteiger partial charge in [0, 0.05) is 5.02 Å². The second-order valence-electron chi connectivity index (χ2n) is 4.72. The van der Waals surface area contributed by atoms with Gasteiger partial charge in [-0.2, -0.15) is 0 Å². The molecule has 2 aromatic heterocycles. The Morgan fingerprint density at radius 3 is 2.92 bits per heavy atom. The van der Waals surface area contributed by atoms with E-state index in [1.807, 2.05) is 0 Å². The first-order valence-electron chi connectivity index (χ1n) is 6.83. The molecule has 0 aliphatic rings. The van der Waals surface area contributed by atoms with Crippen LogP contribution in [0.25, 0.3) is 11.7 Å². The summed E-state index contributed by atoms with van der Waals surface area (Å²) in [7, 11) is 0. The van der Waals surface area contributed by atoms with Gasteiger partial charge in [-0.05, 0) is 37.3 Å². The molecule has 0 aliphatic heterocycles. The average molecular weight is 368 g/mol. The molecule has 0 aliphatic carbocycles. The normalized spacial score (nSPS) is 12.1. The summed E-state index contributed by atoms with van der Waals surface area (Å²) >= 11 is 6.73. The first-order chi connectivity index (χ1) is 11.5. The minimum absolute atomic E-state index is 0.0543. The van der Waals surface area contributed by atoms with Gasteiger partial charge in [-0.15, -0.1) is 10.2 Å². The highest BCUT2D eigenvalue weighted by Gasteiger charge is 2.20. The summed E-state index contributed by atoms with van der Waals surface area (Å²) in [5, 5.41) is 10.1. The van der Waals surface area contributed by atoms with Crippen LogP contribution in [0.2, 0.25) is 5.02 Å². The van der Waals surface area contributed by atoms with Crippen molar-refractivity contribution in [2.45, 2.75) is 17.4 Å². The van der Waals surface area contributed by atoms with E-state index in [0.717, 1.165) is 17.8 Å². The Bertz CT molecular complexity index is 854. The number of benzene rings is 1. The molecule has 1 unspecified atom stereocenters. The third kappa shape index (κ3) is 3.77. The number of amides is 1. The molecule has 1 amide bonds. The van der Waals surface area contributed by atoms with Gasteiger partial charge in [0.15, 0.2) is 5.76 Å². The van der Waals surface area contributed by atoms with Crippen LogP contribution in [0.1, 0.15) is 6.92 Å². The quantitative estimate of drug-likeness (QED) is 0.679. The molecule has 0 radical (unpaired) electrons. The number of hydrogen-bond donors (Lipinski definition) is 1. The number of furan rings is 1. The number of halogens is 2. The van der Waals surface area contributed by atoms with Crippen LogP contribution >= 0.6 is 23.4 Å². The van der Waals surface area contributed by atoms with Gasteiger partial charge in [-0.1, -0.05) is 23.4 Å². The molecule has 0 spiro atoms. The Kier molecular flexibility index (Phi) is 4.86. The van der Waals surface area contributed by atoms with Crippen LogP contribution in [0.15, 0.2) is 50.7 Å². The molecule has 0 bridgehead atoms. The van der Waals surface area contributed by atoms with Gasteiger partial charge in [-0.3, -0.25) is 4.79 Å². The zero-order valence-electron chi connectivity index (χ0n) is 12.3. The lowest BCUT2D eigenvalue weighted by atomic mass is 10.3. The van der Waals surface area contributed by atoms with Crippen molar-refractivity contribution >= 4 is 35.0 Å². The summed E-state index contributed by atoms with van der Waals surface area (Å²) in [6, 6.07) is 7.40. The Morgan fingerprint density at radius 1 is 1.38 bits per heavy atom. The van der Waals surface area contributed by atoms with E-state index in [9.17, 15) is 9.18 Å². The molecule has 24 heavy (non-hydrogen) atoms. The Morgan fingerprint density at radius 2 is 2.21 bits per heavy atom. The predicted octanol–water partition coefficient (Wildman–Crippen LogP) is 4.24. The summed E-state index contributed by atoms with van der Waals surface area (Å²) in [4.78, 5) is 12.1. The van der Waals surface area contributed by atoms with Gasteiger partial charge in [-0.25, -0.2) is 4.39 Å². The van der Waals surface area contributed by atoms with Gasteiger partial charge in [0.05, 0.1) is 17.2 Å². The number of nitrogens with zero attached hydrogens (tertiary/aromatic N) is 2. The first-order valence-corrected chi connectivity index (χ1v) is 8.08. The minimum atomic E-state index is -0.606. The van der Waals surface area contributed by atoms with Crippen LogP contribution < -0.4 is 5.32 Å². The van der Waals surface area contributed by atoms with Crippen molar-refractivity contribution in [1.82, 2.24) is 10.2 Å². The largest absolute Gasteiger partial charge is 0.459 e. The molecular weight excluding hydrogens is 357 g/mol. The van der Waals surface area contributed by atoms with Gasteiger partial charge in [0.2, 0.25) is 5.91 Å². The number of anilines is 1. The summed E-state index contributed by atoms with van der Waals surface area (Å²) in [5.41, 5.74) is 0.0543. The lowest BCUT2D eigenvalue weighted by molar-refractivity contribution is -0.115. The summed E-state index contributed by atoms with van der Waals surface area (Å²) in [5.74, 6) is -0.349. The van der Waals surface area contributed by atoms with E-state index in [2.05, 4.69) is 15.5 Å². The van der Waals surface area contributed by atoms with Crippen molar-refractivity contribution in [1.29, 1.82) is 0 Å². The lowest BCUT2D eigenvalue weighted by Gasteiger charge is -2.10. The standard InChI is InChI=1S/C15H11ClFN3O3S/c1-8(13(21)18-11-5-4-9(16)7-10(11)17)24-15-20-19-14(23-15)12-3-2-6-22-12/h2-8H,1H3,(H,18,21). The number of aromatic nitrogens is 2. The van der Waals surface area contributed by atoms with E-state index in [4.69, 9.17) is 20.4 Å². The van der Waals surface area contributed by atoms with Gasteiger partial charge in [0.1, 0.15) is 5.82 Å². The molecule has 1 N–H and O–H groups in total. The second-order valence-corrected chi connectivity index (χ2v) is 6.45. The third-order valence-electron chi connectivity index (χ3n) is 2.97. The van der Waals surface area contributed by atoms with Crippen molar-refractivity contribution in [3.8, 4) is 11.7 Å². The molecule has 1 aromatic carbocycles. The van der Waals surface area contributed by atoms with E-state index in [-0.39, 0.29) is 21.8 Å². The van der Waals surface area contributed by atoms with E-state index < -0.39 is 17.0 Å². The zero-order valence-corrected chi connectivity index (χ0v) is 13.9. The Hall–Kier alpha value is -2.32. The van der Waals surface area contributed by atoms with Crippen LogP contribution in [0.4, 0.5) is 10.1 Å². The van der Waals surface area contributed by atoms with Crippen LogP contribution in [0, 0.1) is 5.82 Å². The van der Waals surface area contributed by atoms with Crippen LogP contribution in [0.5, 0.6) is 0 Å². The number of rotatable bonds is 5. The highest BCUT2D eigenvalue weighted by Crippen LogP contribution is 2.27. The van der Waals surface area contributed by atoms with E-state index in [1.54, 1.807) is 19.1 Å². The molecule has 124 valence electrons. The molecule has 0 saturated heterocycles. The maximum Gasteiger partial charge on any atom is 0.284 e. The number of carbonyl (C=O) groups excluding carboxylic acids is 1. The fourth-order valence-electron chi connectivity index (χ4n) is 1.79. The molecule has 0 saturated carbocycles. The fraction of sp³-hybridized carbons (Fsp3) is 0.133. The maximum atomic E-state index is 13.7. The average Bonchev–Trinajstić information content (AvgIpc) is 3.20. The molecule has 9 heteroatoms. The molecule has 3 aromatic rings. The van der Waals surface area contributed by atoms with Crippen molar-refractivity contribution < 1.29 is 18.0 Å². The maximum absolute atomic E-state index is 13.7. The van der Waals surface area contributed by atoms with Crippen LogP contribution in [-0.2, 0) is 4.79 Å². The van der Waals surface area contributed by atoms with Crippen molar-refractivity contribution in [3.05, 3.63) is 47.4 Å². The first kappa shape index (κ1) is 16.5.